The molecule has 1 aromatic rings. The van der Waals surface area contributed by atoms with Crippen molar-refractivity contribution in [3.05, 3.63) is 24.3 Å². The number of nitrogens with two attached hydrogens (primary N) is 1. The maximum Gasteiger partial charge on any atom is 0.387 e. The monoisotopic (exact) mass is 367 g/mol. The third kappa shape index (κ3) is 3.95. The van der Waals surface area contributed by atoms with Crippen LogP contribution in [-0.4, -0.2) is 36.6 Å². The van der Waals surface area contributed by atoms with Crippen LogP contribution in [0.3, 0.4) is 0 Å². The third-order valence-electron chi connectivity index (χ3n) is 5.07. The molecule has 142 valence electrons. The minimum atomic E-state index is -2.89. The smallest absolute Gasteiger partial charge is 0.387 e. The number of ether oxygens (including phenoxy) is 1. The Morgan fingerprint density at radius 2 is 1.88 bits per heavy atom. The van der Waals surface area contributed by atoms with Crippen molar-refractivity contribution >= 4 is 17.5 Å². The number of anilines is 1. The molecule has 1 saturated heterocycles. The Bertz CT molecular complexity index is 660. The fourth-order valence-corrected chi connectivity index (χ4v) is 3.61. The number of alkyl halides is 2. The van der Waals surface area contributed by atoms with Crippen molar-refractivity contribution in [2.45, 2.75) is 56.7 Å². The molecule has 8 heteroatoms. The number of halogens is 2. The van der Waals surface area contributed by atoms with E-state index in [9.17, 15) is 18.4 Å². The van der Waals surface area contributed by atoms with E-state index in [0.717, 1.165) is 19.3 Å². The summed E-state index contributed by atoms with van der Waals surface area (Å²) in [7, 11) is 0. The van der Waals surface area contributed by atoms with Gasteiger partial charge >= 0.3 is 6.61 Å². The van der Waals surface area contributed by atoms with E-state index in [1.165, 1.54) is 12.1 Å². The number of rotatable bonds is 5. The van der Waals surface area contributed by atoms with E-state index >= 15 is 0 Å². The average Bonchev–Trinajstić information content (AvgIpc) is 3.05. The standard InChI is InChI=1S/C18H23F2N3O3/c19-17(20)26-13-7-5-12(6-8-13)23-11-3-4-14(15(23)24)22-16(25)18(21)9-1-2-10-18/h5-8,14,17H,1-4,9-11,21H2,(H,22,25). The van der Waals surface area contributed by atoms with Gasteiger partial charge in [-0.05, 0) is 49.9 Å². The van der Waals surface area contributed by atoms with Crippen LogP contribution in [0.4, 0.5) is 14.5 Å². The molecule has 2 amide bonds. The van der Waals surface area contributed by atoms with Crippen LogP contribution in [0.15, 0.2) is 24.3 Å². The molecular formula is C18H23F2N3O3. The number of amides is 2. The quantitative estimate of drug-likeness (QED) is 0.835. The van der Waals surface area contributed by atoms with Crippen molar-refractivity contribution in [3.8, 4) is 5.75 Å². The Labute approximate surface area is 150 Å². The van der Waals surface area contributed by atoms with E-state index in [2.05, 4.69) is 10.1 Å². The van der Waals surface area contributed by atoms with Gasteiger partial charge in [-0.1, -0.05) is 12.8 Å². The molecule has 1 aliphatic heterocycles. The Morgan fingerprint density at radius 3 is 2.50 bits per heavy atom. The lowest BCUT2D eigenvalue weighted by atomic mass is 9.96. The summed E-state index contributed by atoms with van der Waals surface area (Å²) in [5.41, 5.74) is 5.86. The lowest BCUT2D eigenvalue weighted by Gasteiger charge is -2.34. The molecule has 2 aliphatic rings. The average molecular weight is 367 g/mol. The molecule has 0 aromatic heterocycles. The molecule has 0 spiro atoms. The molecule has 0 bridgehead atoms. The molecule has 1 saturated carbocycles. The largest absolute Gasteiger partial charge is 0.435 e. The van der Waals surface area contributed by atoms with Crippen LogP contribution in [0.1, 0.15) is 38.5 Å². The summed E-state index contributed by atoms with van der Waals surface area (Å²) in [6.45, 7) is -2.38. The van der Waals surface area contributed by atoms with Crippen molar-refractivity contribution in [1.82, 2.24) is 5.32 Å². The summed E-state index contributed by atoms with van der Waals surface area (Å²) in [4.78, 5) is 26.8. The predicted octanol–water partition coefficient (Wildman–Crippen LogP) is 2.17. The van der Waals surface area contributed by atoms with E-state index in [-0.39, 0.29) is 17.6 Å². The zero-order valence-electron chi connectivity index (χ0n) is 14.4. The first-order chi connectivity index (χ1) is 12.4. The maximum absolute atomic E-state index is 12.8. The fraction of sp³-hybridized carbons (Fsp3) is 0.556. The minimum absolute atomic E-state index is 0.0318. The van der Waals surface area contributed by atoms with Crippen molar-refractivity contribution in [2.24, 2.45) is 5.73 Å². The Hall–Kier alpha value is -2.22. The molecule has 1 aliphatic carbocycles. The summed E-state index contributed by atoms with van der Waals surface area (Å²) in [6.07, 6.45) is 4.39. The van der Waals surface area contributed by atoms with Gasteiger partial charge in [0.05, 0.1) is 5.54 Å². The SMILES string of the molecule is NC1(C(=O)NC2CCCN(c3ccc(OC(F)F)cc3)C2=O)CCCC1. The van der Waals surface area contributed by atoms with Crippen molar-refractivity contribution < 1.29 is 23.1 Å². The van der Waals surface area contributed by atoms with Gasteiger partial charge in [-0.3, -0.25) is 9.59 Å². The Balaban J connectivity index is 1.66. The third-order valence-corrected chi connectivity index (χ3v) is 5.07. The van der Waals surface area contributed by atoms with Gasteiger partial charge in [-0.2, -0.15) is 8.78 Å². The van der Waals surface area contributed by atoms with E-state index in [1.807, 2.05) is 0 Å². The molecule has 0 radical (unpaired) electrons. The van der Waals surface area contributed by atoms with Gasteiger partial charge < -0.3 is 20.7 Å². The first-order valence-corrected chi connectivity index (χ1v) is 8.85. The van der Waals surface area contributed by atoms with Crippen LogP contribution in [0.2, 0.25) is 0 Å². The van der Waals surface area contributed by atoms with Gasteiger partial charge in [0.25, 0.3) is 0 Å². The molecule has 1 atom stereocenters. The number of hydrogen-bond acceptors (Lipinski definition) is 4. The molecule has 1 heterocycles. The van der Waals surface area contributed by atoms with E-state index in [0.29, 0.717) is 31.5 Å². The number of carbonyl (C=O) groups excluding carboxylic acids is 2. The van der Waals surface area contributed by atoms with Gasteiger partial charge in [0.15, 0.2) is 0 Å². The first kappa shape index (κ1) is 18.6. The number of hydrogen-bond donors (Lipinski definition) is 2. The number of carbonyl (C=O) groups is 2. The molecule has 3 rings (SSSR count). The summed E-state index contributed by atoms with van der Waals surface area (Å²) in [5.74, 6) is -0.450. The van der Waals surface area contributed by atoms with Crippen LogP contribution >= 0.6 is 0 Å². The molecule has 1 aromatic carbocycles. The lowest BCUT2D eigenvalue weighted by molar-refractivity contribution is -0.131. The second kappa shape index (κ2) is 7.57. The molecule has 6 nitrogen and oxygen atoms in total. The highest BCUT2D eigenvalue weighted by Crippen LogP contribution is 2.28. The topological polar surface area (TPSA) is 84.7 Å². The van der Waals surface area contributed by atoms with Crippen molar-refractivity contribution in [1.29, 1.82) is 0 Å². The number of nitrogens with zero attached hydrogens (tertiary/aromatic N) is 1. The van der Waals surface area contributed by atoms with Crippen molar-refractivity contribution in [3.63, 3.8) is 0 Å². The number of benzene rings is 1. The van der Waals surface area contributed by atoms with Crippen LogP contribution < -0.4 is 20.7 Å². The van der Waals surface area contributed by atoms with Crippen LogP contribution in [-0.2, 0) is 9.59 Å². The van der Waals surface area contributed by atoms with Gasteiger partial charge in [0.1, 0.15) is 11.8 Å². The number of nitrogens with one attached hydrogen (secondary N) is 1. The van der Waals surface area contributed by atoms with Gasteiger partial charge in [-0.15, -0.1) is 0 Å². The lowest BCUT2D eigenvalue weighted by Crippen LogP contribution is -2.59. The molecular weight excluding hydrogens is 344 g/mol. The fourth-order valence-electron chi connectivity index (χ4n) is 3.61. The Morgan fingerprint density at radius 1 is 1.23 bits per heavy atom. The second-order valence-corrected chi connectivity index (χ2v) is 6.89. The van der Waals surface area contributed by atoms with Crippen LogP contribution in [0.5, 0.6) is 5.75 Å². The second-order valence-electron chi connectivity index (χ2n) is 6.89. The van der Waals surface area contributed by atoms with Crippen molar-refractivity contribution in [2.75, 3.05) is 11.4 Å². The summed E-state index contributed by atoms with van der Waals surface area (Å²) >= 11 is 0. The van der Waals surface area contributed by atoms with E-state index in [1.54, 1.807) is 17.0 Å². The van der Waals surface area contributed by atoms with Crippen LogP contribution in [0.25, 0.3) is 0 Å². The number of piperidine rings is 1. The summed E-state index contributed by atoms with van der Waals surface area (Å²) < 4.78 is 28.8. The highest BCUT2D eigenvalue weighted by atomic mass is 19.3. The molecule has 26 heavy (non-hydrogen) atoms. The van der Waals surface area contributed by atoms with E-state index < -0.39 is 18.2 Å². The van der Waals surface area contributed by atoms with Crippen LogP contribution in [0, 0.1) is 0 Å². The summed E-state index contributed by atoms with van der Waals surface area (Å²) in [5, 5.41) is 2.81. The van der Waals surface area contributed by atoms with E-state index in [4.69, 9.17) is 5.73 Å². The Kier molecular flexibility index (Phi) is 5.41. The minimum Gasteiger partial charge on any atom is -0.435 e. The molecule has 2 fully saturated rings. The zero-order valence-corrected chi connectivity index (χ0v) is 14.4. The highest BCUT2D eigenvalue weighted by Gasteiger charge is 2.40. The normalized spacial score (nSPS) is 22.5. The predicted molar refractivity (Wildman–Crippen MR) is 92.0 cm³/mol. The van der Waals surface area contributed by atoms with Gasteiger partial charge in [-0.25, -0.2) is 0 Å². The van der Waals surface area contributed by atoms with Gasteiger partial charge in [0.2, 0.25) is 11.8 Å². The zero-order chi connectivity index (χ0) is 18.7. The maximum atomic E-state index is 12.8. The highest BCUT2D eigenvalue weighted by molar-refractivity contribution is 6.01. The first-order valence-electron chi connectivity index (χ1n) is 8.85. The summed E-state index contributed by atoms with van der Waals surface area (Å²) in [6, 6.07) is 5.28. The van der Waals surface area contributed by atoms with Gasteiger partial charge in [0, 0.05) is 12.2 Å². The molecule has 3 N–H and O–H groups in total. The molecule has 1 unspecified atom stereocenters.